The van der Waals surface area contributed by atoms with Crippen molar-refractivity contribution in [1.82, 2.24) is 0 Å². The Bertz CT molecular complexity index is 1320. The lowest BCUT2D eigenvalue weighted by Gasteiger charge is -2.10. The number of benzene rings is 2. The molecular formula is C19H8BrF3O4. The van der Waals surface area contributed by atoms with Crippen molar-refractivity contribution in [2.75, 3.05) is 0 Å². The van der Waals surface area contributed by atoms with Gasteiger partial charge in [-0.25, -0.2) is 9.59 Å². The highest BCUT2D eigenvalue weighted by atomic mass is 79.9. The Kier molecular flexibility index (Phi) is 3.96. The van der Waals surface area contributed by atoms with E-state index in [2.05, 4.69) is 15.9 Å². The first-order valence-electron chi connectivity index (χ1n) is 7.61. The summed E-state index contributed by atoms with van der Waals surface area (Å²) < 4.78 is 50.8. The zero-order valence-electron chi connectivity index (χ0n) is 13.3. The average molecular weight is 437 g/mol. The maximum absolute atomic E-state index is 13.3. The third-order valence-electron chi connectivity index (χ3n) is 4.05. The highest BCUT2D eigenvalue weighted by Crippen LogP contribution is 2.35. The molecule has 0 bridgehead atoms. The standard InChI is InChI=1S/C19H8BrF3O4/c20-11-2-4-15-10(5-11)7-12(18(25)27-15)9-1-3-16-13(6-9)14(19(21,22)23)8-17(24)26-16/h1-8H. The summed E-state index contributed by atoms with van der Waals surface area (Å²) in [5, 5.41) is 0.294. The van der Waals surface area contributed by atoms with E-state index in [9.17, 15) is 22.8 Å². The number of hydrogen-bond acceptors (Lipinski definition) is 4. The van der Waals surface area contributed by atoms with Crippen LogP contribution in [0.2, 0.25) is 0 Å². The van der Waals surface area contributed by atoms with Gasteiger partial charge in [0.15, 0.2) is 0 Å². The van der Waals surface area contributed by atoms with Gasteiger partial charge in [0.1, 0.15) is 11.2 Å². The van der Waals surface area contributed by atoms with Gasteiger partial charge < -0.3 is 8.83 Å². The van der Waals surface area contributed by atoms with Crippen molar-refractivity contribution < 1.29 is 22.0 Å². The summed E-state index contributed by atoms with van der Waals surface area (Å²) in [5.41, 5.74) is -2.45. The molecule has 0 aliphatic heterocycles. The van der Waals surface area contributed by atoms with E-state index in [1.54, 1.807) is 24.3 Å². The Morgan fingerprint density at radius 1 is 0.852 bits per heavy atom. The van der Waals surface area contributed by atoms with Crippen LogP contribution in [0.3, 0.4) is 0 Å². The Morgan fingerprint density at radius 3 is 2.33 bits per heavy atom. The minimum atomic E-state index is -4.74. The van der Waals surface area contributed by atoms with E-state index in [4.69, 9.17) is 8.83 Å². The zero-order chi connectivity index (χ0) is 19.3. The second-order valence-electron chi connectivity index (χ2n) is 5.82. The highest BCUT2D eigenvalue weighted by molar-refractivity contribution is 9.10. The number of rotatable bonds is 1. The molecule has 0 atom stereocenters. The van der Waals surface area contributed by atoms with Crippen LogP contribution in [0.1, 0.15) is 5.56 Å². The molecule has 0 amide bonds. The first-order chi connectivity index (χ1) is 12.7. The number of alkyl halides is 3. The molecule has 0 saturated carbocycles. The fourth-order valence-corrected chi connectivity index (χ4v) is 3.24. The van der Waals surface area contributed by atoms with E-state index in [0.29, 0.717) is 17.0 Å². The molecule has 4 aromatic rings. The fourth-order valence-electron chi connectivity index (χ4n) is 2.86. The monoisotopic (exact) mass is 436 g/mol. The summed E-state index contributed by atoms with van der Waals surface area (Å²) in [6, 6.07) is 10.8. The van der Waals surface area contributed by atoms with Gasteiger partial charge in [-0.15, -0.1) is 0 Å². The predicted octanol–water partition coefficient (Wildman–Crippen LogP) is 5.35. The Labute approximate surface area is 157 Å². The molecule has 0 fully saturated rings. The molecule has 4 rings (SSSR count). The molecule has 2 heterocycles. The van der Waals surface area contributed by atoms with Gasteiger partial charge in [0.25, 0.3) is 0 Å². The summed E-state index contributed by atoms with van der Waals surface area (Å²) in [6.45, 7) is 0. The van der Waals surface area contributed by atoms with Crippen molar-refractivity contribution in [3.05, 3.63) is 79.4 Å². The molecule has 4 nitrogen and oxygen atoms in total. The van der Waals surface area contributed by atoms with Crippen LogP contribution in [0.15, 0.2) is 71.4 Å². The summed E-state index contributed by atoms with van der Waals surface area (Å²) in [7, 11) is 0. The maximum atomic E-state index is 13.3. The molecule has 0 radical (unpaired) electrons. The van der Waals surface area contributed by atoms with Gasteiger partial charge in [0.05, 0.1) is 11.1 Å². The number of hydrogen-bond donors (Lipinski definition) is 0. The molecular weight excluding hydrogens is 429 g/mol. The van der Waals surface area contributed by atoms with Crippen molar-refractivity contribution in [3.63, 3.8) is 0 Å². The van der Waals surface area contributed by atoms with Crippen LogP contribution in [0.4, 0.5) is 13.2 Å². The van der Waals surface area contributed by atoms with E-state index >= 15 is 0 Å². The van der Waals surface area contributed by atoms with E-state index in [-0.39, 0.29) is 22.1 Å². The lowest BCUT2D eigenvalue weighted by Crippen LogP contribution is -2.11. The van der Waals surface area contributed by atoms with Gasteiger partial charge in [-0.05, 0) is 42.0 Å². The minimum Gasteiger partial charge on any atom is -0.423 e. The normalized spacial score (nSPS) is 12.0. The molecule has 0 saturated heterocycles. The van der Waals surface area contributed by atoms with Gasteiger partial charge in [0.2, 0.25) is 0 Å². The summed E-state index contributed by atoms with van der Waals surface area (Å²) in [5.74, 6) is 0. The molecule has 136 valence electrons. The lowest BCUT2D eigenvalue weighted by molar-refractivity contribution is -0.136. The largest absolute Gasteiger partial charge is 0.423 e. The van der Waals surface area contributed by atoms with Crippen LogP contribution in [0.5, 0.6) is 0 Å². The van der Waals surface area contributed by atoms with Crippen LogP contribution in [0, 0.1) is 0 Å². The first-order valence-corrected chi connectivity index (χ1v) is 8.40. The first kappa shape index (κ1) is 17.5. The second kappa shape index (κ2) is 6.09. The molecule has 2 aromatic heterocycles. The lowest BCUT2D eigenvalue weighted by atomic mass is 10.0. The van der Waals surface area contributed by atoms with Crippen molar-refractivity contribution in [2.24, 2.45) is 0 Å². The Balaban J connectivity index is 2.01. The van der Waals surface area contributed by atoms with Crippen molar-refractivity contribution in [1.29, 1.82) is 0 Å². The summed E-state index contributed by atoms with van der Waals surface area (Å²) in [4.78, 5) is 23.7. The molecule has 0 N–H and O–H groups in total. The highest BCUT2D eigenvalue weighted by Gasteiger charge is 2.34. The maximum Gasteiger partial charge on any atom is 0.417 e. The molecule has 0 aliphatic carbocycles. The Hall–Kier alpha value is -2.87. The smallest absolute Gasteiger partial charge is 0.417 e. The van der Waals surface area contributed by atoms with Crippen LogP contribution < -0.4 is 11.3 Å². The molecule has 0 aliphatic rings. The van der Waals surface area contributed by atoms with E-state index in [1.165, 1.54) is 12.1 Å². The van der Waals surface area contributed by atoms with Crippen molar-refractivity contribution in [2.45, 2.75) is 6.18 Å². The van der Waals surface area contributed by atoms with Crippen LogP contribution in [-0.2, 0) is 6.18 Å². The second-order valence-corrected chi connectivity index (χ2v) is 6.73. The average Bonchev–Trinajstić information content (AvgIpc) is 2.59. The zero-order valence-corrected chi connectivity index (χ0v) is 14.8. The van der Waals surface area contributed by atoms with Crippen LogP contribution in [0.25, 0.3) is 33.1 Å². The van der Waals surface area contributed by atoms with Gasteiger partial charge in [-0.3, -0.25) is 0 Å². The minimum absolute atomic E-state index is 0.0989. The molecule has 2 aromatic carbocycles. The van der Waals surface area contributed by atoms with E-state index in [0.717, 1.165) is 10.5 Å². The Morgan fingerprint density at radius 2 is 1.59 bits per heavy atom. The predicted molar refractivity (Wildman–Crippen MR) is 96.7 cm³/mol. The van der Waals surface area contributed by atoms with Gasteiger partial charge in [-0.2, -0.15) is 13.2 Å². The SMILES string of the molecule is O=c1cc(C(F)(F)F)c2cc(-c3cc4cc(Br)ccc4oc3=O)ccc2o1. The number of fused-ring (bicyclic) bond motifs is 2. The molecule has 27 heavy (non-hydrogen) atoms. The fraction of sp³-hybridized carbons (Fsp3) is 0.0526. The van der Waals surface area contributed by atoms with Crippen molar-refractivity contribution in [3.8, 4) is 11.1 Å². The third-order valence-corrected chi connectivity index (χ3v) is 4.55. The van der Waals surface area contributed by atoms with Crippen molar-refractivity contribution >= 4 is 37.9 Å². The number of halogens is 4. The van der Waals surface area contributed by atoms with Gasteiger partial charge in [0, 0.05) is 21.3 Å². The van der Waals surface area contributed by atoms with Crippen LogP contribution in [-0.4, -0.2) is 0 Å². The molecule has 8 heteroatoms. The third kappa shape index (κ3) is 3.16. The topological polar surface area (TPSA) is 60.4 Å². The van der Waals surface area contributed by atoms with Gasteiger partial charge >= 0.3 is 17.4 Å². The summed E-state index contributed by atoms with van der Waals surface area (Å²) in [6.07, 6.45) is -4.74. The van der Waals surface area contributed by atoms with E-state index < -0.39 is 23.0 Å². The molecule has 0 unspecified atom stereocenters. The molecule has 0 spiro atoms. The van der Waals surface area contributed by atoms with Crippen LogP contribution >= 0.6 is 15.9 Å². The van der Waals surface area contributed by atoms with E-state index in [1.807, 2.05) is 0 Å². The quantitative estimate of drug-likeness (QED) is 0.377. The van der Waals surface area contributed by atoms with Gasteiger partial charge in [-0.1, -0.05) is 22.0 Å². The summed E-state index contributed by atoms with van der Waals surface area (Å²) >= 11 is 3.32.